The molecule has 0 atom stereocenters. The third kappa shape index (κ3) is 0.741. The van der Waals surface area contributed by atoms with Gasteiger partial charge in [-0.25, -0.2) is 0 Å². The number of aromatic nitrogens is 3. The first-order valence-corrected chi connectivity index (χ1v) is 3.55. The van der Waals surface area contributed by atoms with Gasteiger partial charge in [-0.3, -0.25) is 4.68 Å². The molecule has 1 fully saturated rings. The third-order valence-electron chi connectivity index (χ3n) is 2.17. The Labute approximate surface area is 64.4 Å². The Balaban J connectivity index is 2.45. The summed E-state index contributed by atoms with van der Waals surface area (Å²) in [5.74, 6) is 0. The summed E-state index contributed by atoms with van der Waals surface area (Å²) >= 11 is 0. The molecular weight excluding hydrogens is 140 g/mol. The monoisotopic (exact) mass is 148 g/mol. The molecule has 1 aromatic heterocycles. The summed E-state index contributed by atoms with van der Waals surface area (Å²) in [6, 6.07) is 2.29. The zero-order valence-electron chi connectivity index (χ0n) is 6.28. The molecular formula is C7H8N4. The largest absolute Gasteiger partial charge is 0.251 e. The van der Waals surface area contributed by atoms with Gasteiger partial charge < -0.3 is 0 Å². The van der Waals surface area contributed by atoms with E-state index >= 15 is 0 Å². The number of hydrogen-bond donors (Lipinski definition) is 0. The van der Waals surface area contributed by atoms with Crippen molar-refractivity contribution in [2.45, 2.75) is 18.3 Å². The van der Waals surface area contributed by atoms with Crippen molar-refractivity contribution in [1.82, 2.24) is 15.0 Å². The molecule has 0 radical (unpaired) electrons. The van der Waals surface area contributed by atoms with Gasteiger partial charge in [0.25, 0.3) is 0 Å². The van der Waals surface area contributed by atoms with Crippen molar-refractivity contribution in [2.75, 3.05) is 0 Å². The average molecular weight is 148 g/mol. The normalized spacial score (nSPS) is 19.3. The van der Waals surface area contributed by atoms with Crippen molar-refractivity contribution in [3.05, 3.63) is 11.9 Å². The molecule has 0 saturated heterocycles. The molecule has 1 saturated carbocycles. The number of nitriles is 1. The smallest absolute Gasteiger partial charge is 0.101 e. The van der Waals surface area contributed by atoms with Crippen LogP contribution in [0.2, 0.25) is 0 Å². The van der Waals surface area contributed by atoms with E-state index in [2.05, 4.69) is 16.4 Å². The fourth-order valence-electron chi connectivity index (χ4n) is 1.27. The predicted molar refractivity (Wildman–Crippen MR) is 37.5 cm³/mol. The second-order valence-electron chi connectivity index (χ2n) is 2.94. The maximum Gasteiger partial charge on any atom is 0.101 e. The van der Waals surface area contributed by atoms with Crippen LogP contribution in [0.25, 0.3) is 0 Å². The van der Waals surface area contributed by atoms with Crippen LogP contribution in [0.1, 0.15) is 18.5 Å². The van der Waals surface area contributed by atoms with E-state index in [-0.39, 0.29) is 5.41 Å². The zero-order valence-corrected chi connectivity index (χ0v) is 6.28. The Morgan fingerprint density at radius 2 is 2.45 bits per heavy atom. The van der Waals surface area contributed by atoms with Crippen LogP contribution < -0.4 is 0 Å². The molecule has 1 aromatic rings. The van der Waals surface area contributed by atoms with Crippen molar-refractivity contribution in [3.63, 3.8) is 0 Å². The molecule has 4 nitrogen and oxygen atoms in total. The van der Waals surface area contributed by atoms with Gasteiger partial charge in [-0.1, -0.05) is 5.21 Å². The lowest BCUT2D eigenvalue weighted by Crippen LogP contribution is -2.09. The molecule has 1 aliphatic rings. The fourth-order valence-corrected chi connectivity index (χ4v) is 1.27. The molecule has 4 heteroatoms. The van der Waals surface area contributed by atoms with Crippen LogP contribution in [-0.4, -0.2) is 15.0 Å². The lowest BCUT2D eigenvalue weighted by molar-refractivity contribution is 0.652. The Morgan fingerprint density at radius 1 is 1.73 bits per heavy atom. The van der Waals surface area contributed by atoms with Crippen LogP contribution in [0.15, 0.2) is 6.20 Å². The summed E-state index contributed by atoms with van der Waals surface area (Å²) in [7, 11) is 1.82. The van der Waals surface area contributed by atoms with Crippen molar-refractivity contribution in [3.8, 4) is 6.07 Å². The van der Waals surface area contributed by atoms with Crippen molar-refractivity contribution in [1.29, 1.82) is 5.26 Å². The maximum atomic E-state index is 8.83. The van der Waals surface area contributed by atoms with E-state index < -0.39 is 0 Å². The summed E-state index contributed by atoms with van der Waals surface area (Å²) in [5, 5.41) is 16.4. The predicted octanol–water partition coefficient (Wildman–Crippen LogP) is 0.370. The van der Waals surface area contributed by atoms with Gasteiger partial charge >= 0.3 is 0 Å². The summed E-state index contributed by atoms with van der Waals surface area (Å²) in [4.78, 5) is 0. The molecule has 0 aromatic carbocycles. The van der Waals surface area contributed by atoms with Crippen LogP contribution in [0, 0.1) is 11.3 Å². The lowest BCUT2D eigenvalue weighted by Gasteiger charge is -2.02. The van der Waals surface area contributed by atoms with Gasteiger partial charge in [-0.05, 0) is 12.8 Å². The molecule has 1 heterocycles. The third-order valence-corrected chi connectivity index (χ3v) is 2.17. The molecule has 0 amide bonds. The van der Waals surface area contributed by atoms with Gasteiger partial charge in [0.1, 0.15) is 5.41 Å². The van der Waals surface area contributed by atoms with Crippen LogP contribution in [-0.2, 0) is 12.5 Å². The standard InChI is InChI=1S/C7H8N4/c1-11-6(4-9-10-11)7(5-8)2-3-7/h4H,2-3H2,1H3. The molecule has 2 rings (SSSR count). The molecule has 0 spiro atoms. The van der Waals surface area contributed by atoms with Gasteiger partial charge in [0.05, 0.1) is 18.0 Å². The average Bonchev–Trinajstić information content (AvgIpc) is 2.70. The van der Waals surface area contributed by atoms with Crippen molar-refractivity contribution < 1.29 is 0 Å². The topological polar surface area (TPSA) is 54.5 Å². The number of aryl methyl sites for hydroxylation is 1. The molecule has 0 unspecified atom stereocenters. The summed E-state index contributed by atoms with van der Waals surface area (Å²) in [5.41, 5.74) is 0.693. The number of hydrogen-bond acceptors (Lipinski definition) is 3. The van der Waals surface area contributed by atoms with E-state index in [4.69, 9.17) is 5.26 Å². The summed E-state index contributed by atoms with van der Waals surface area (Å²) in [6.45, 7) is 0. The van der Waals surface area contributed by atoms with Gasteiger partial charge in [0, 0.05) is 7.05 Å². The van der Waals surface area contributed by atoms with Gasteiger partial charge in [-0.2, -0.15) is 5.26 Å². The highest BCUT2D eigenvalue weighted by atomic mass is 15.4. The van der Waals surface area contributed by atoms with E-state index in [1.807, 2.05) is 7.05 Å². The van der Waals surface area contributed by atoms with Crippen molar-refractivity contribution in [2.24, 2.45) is 7.05 Å². The molecule has 11 heavy (non-hydrogen) atoms. The fraction of sp³-hybridized carbons (Fsp3) is 0.571. The van der Waals surface area contributed by atoms with E-state index in [1.54, 1.807) is 10.9 Å². The van der Waals surface area contributed by atoms with E-state index in [0.29, 0.717) is 0 Å². The maximum absolute atomic E-state index is 8.83. The van der Waals surface area contributed by atoms with E-state index in [1.165, 1.54) is 0 Å². The highest BCUT2D eigenvalue weighted by Crippen LogP contribution is 2.46. The van der Waals surface area contributed by atoms with Crippen LogP contribution in [0.5, 0.6) is 0 Å². The first-order valence-electron chi connectivity index (χ1n) is 3.55. The molecule has 0 bridgehead atoms. The Morgan fingerprint density at radius 3 is 2.82 bits per heavy atom. The minimum atomic E-state index is -0.252. The first kappa shape index (κ1) is 6.35. The Bertz CT molecular complexity index is 315. The quantitative estimate of drug-likeness (QED) is 0.578. The summed E-state index contributed by atoms with van der Waals surface area (Å²) in [6.07, 6.45) is 3.58. The number of nitrogens with zero attached hydrogens (tertiary/aromatic N) is 4. The minimum Gasteiger partial charge on any atom is -0.251 e. The zero-order chi connectivity index (χ0) is 7.90. The lowest BCUT2D eigenvalue weighted by atomic mass is 10.1. The SMILES string of the molecule is Cn1nncc1C1(C#N)CC1. The van der Waals surface area contributed by atoms with Crippen LogP contribution in [0.4, 0.5) is 0 Å². The molecule has 0 N–H and O–H groups in total. The Kier molecular flexibility index (Phi) is 1.05. The Hall–Kier alpha value is -1.37. The van der Waals surface area contributed by atoms with E-state index in [0.717, 1.165) is 18.5 Å². The van der Waals surface area contributed by atoms with Gasteiger partial charge in [-0.15, -0.1) is 5.10 Å². The highest BCUT2D eigenvalue weighted by molar-refractivity contribution is 5.32. The minimum absolute atomic E-state index is 0.252. The summed E-state index contributed by atoms with van der Waals surface area (Å²) < 4.78 is 1.68. The van der Waals surface area contributed by atoms with Crippen LogP contribution >= 0.6 is 0 Å². The molecule has 0 aliphatic heterocycles. The second-order valence-corrected chi connectivity index (χ2v) is 2.94. The van der Waals surface area contributed by atoms with Crippen molar-refractivity contribution >= 4 is 0 Å². The number of rotatable bonds is 1. The highest BCUT2D eigenvalue weighted by Gasteiger charge is 2.47. The van der Waals surface area contributed by atoms with Gasteiger partial charge in [0.15, 0.2) is 0 Å². The first-order chi connectivity index (χ1) is 5.28. The van der Waals surface area contributed by atoms with E-state index in [9.17, 15) is 0 Å². The van der Waals surface area contributed by atoms with Crippen LogP contribution in [0.3, 0.4) is 0 Å². The molecule has 1 aliphatic carbocycles. The van der Waals surface area contributed by atoms with Gasteiger partial charge in [0.2, 0.25) is 0 Å². The molecule has 56 valence electrons. The second kappa shape index (κ2) is 1.82.